The zero-order valence-electron chi connectivity index (χ0n) is 15.7. The van der Waals surface area contributed by atoms with Gasteiger partial charge in [-0.2, -0.15) is 0 Å². The number of carbonyl (C=O) groups excluding carboxylic acids is 2. The van der Waals surface area contributed by atoms with Gasteiger partial charge in [0.2, 0.25) is 11.8 Å². The molecule has 1 aromatic carbocycles. The molecule has 5 nitrogen and oxygen atoms in total. The summed E-state index contributed by atoms with van der Waals surface area (Å²) in [6.07, 6.45) is 3.49. The lowest BCUT2D eigenvalue weighted by molar-refractivity contribution is -0.132. The minimum Gasteiger partial charge on any atom is -0.348 e. The van der Waals surface area contributed by atoms with Gasteiger partial charge in [0.15, 0.2) is 0 Å². The maximum atomic E-state index is 13.0. The lowest BCUT2D eigenvalue weighted by Gasteiger charge is -2.40. The van der Waals surface area contributed by atoms with Crippen molar-refractivity contribution in [2.24, 2.45) is 5.41 Å². The number of hydrogen-bond donors (Lipinski definition) is 0. The van der Waals surface area contributed by atoms with Gasteiger partial charge in [-0.1, -0.05) is 12.1 Å². The summed E-state index contributed by atoms with van der Waals surface area (Å²) in [5.74, 6) is -0.0462. The lowest BCUT2D eigenvalue weighted by Crippen LogP contribution is -2.48. The third kappa shape index (κ3) is 4.41. The molecule has 2 heterocycles. The highest BCUT2D eigenvalue weighted by Crippen LogP contribution is 2.39. The first kappa shape index (κ1) is 18.8. The van der Waals surface area contributed by atoms with E-state index in [9.17, 15) is 14.0 Å². The van der Waals surface area contributed by atoms with Crippen LogP contribution in [0.3, 0.4) is 0 Å². The zero-order valence-corrected chi connectivity index (χ0v) is 15.7. The molecule has 0 unspecified atom stereocenters. The van der Waals surface area contributed by atoms with Crippen LogP contribution in [0.5, 0.6) is 0 Å². The summed E-state index contributed by atoms with van der Waals surface area (Å²) in [5, 5.41) is 0. The van der Waals surface area contributed by atoms with E-state index in [-0.39, 0.29) is 23.0 Å². The first-order valence-electron chi connectivity index (χ1n) is 9.32. The second-order valence-electron chi connectivity index (χ2n) is 7.97. The van der Waals surface area contributed by atoms with Crippen molar-refractivity contribution >= 4 is 11.8 Å². The molecule has 0 aliphatic carbocycles. The second-order valence-corrected chi connectivity index (χ2v) is 7.97. The average molecular weight is 361 g/mol. The van der Waals surface area contributed by atoms with Gasteiger partial charge in [0.1, 0.15) is 5.82 Å². The van der Waals surface area contributed by atoms with Crippen molar-refractivity contribution in [2.45, 2.75) is 25.7 Å². The molecule has 2 aliphatic rings. The predicted octanol–water partition coefficient (Wildman–Crippen LogP) is 1.77. The lowest BCUT2D eigenvalue weighted by atomic mass is 9.79. The van der Waals surface area contributed by atoms with Gasteiger partial charge in [-0.3, -0.25) is 14.5 Å². The van der Waals surface area contributed by atoms with Crippen LogP contribution in [0.1, 0.15) is 24.8 Å². The van der Waals surface area contributed by atoms with Gasteiger partial charge in [0.05, 0.1) is 13.0 Å². The van der Waals surface area contributed by atoms with Crippen molar-refractivity contribution in [3.8, 4) is 0 Å². The molecule has 2 amide bonds. The molecule has 0 aromatic heterocycles. The molecule has 1 spiro atoms. The van der Waals surface area contributed by atoms with E-state index in [4.69, 9.17) is 0 Å². The molecular formula is C20H28FN3O2. The molecule has 2 fully saturated rings. The van der Waals surface area contributed by atoms with Crippen LogP contribution in [0.2, 0.25) is 0 Å². The number of benzene rings is 1. The Morgan fingerprint density at radius 1 is 1.12 bits per heavy atom. The molecule has 0 N–H and O–H groups in total. The van der Waals surface area contributed by atoms with Gasteiger partial charge in [0.25, 0.3) is 0 Å². The van der Waals surface area contributed by atoms with Crippen LogP contribution in [0, 0.1) is 11.2 Å². The first-order chi connectivity index (χ1) is 12.4. The number of likely N-dealkylation sites (tertiary alicyclic amines) is 2. The fourth-order valence-corrected chi connectivity index (χ4v) is 4.15. The number of likely N-dealkylation sites (N-methyl/N-ethyl adjacent to an activating group) is 1. The van der Waals surface area contributed by atoms with Gasteiger partial charge in [-0.25, -0.2) is 4.39 Å². The first-order valence-corrected chi connectivity index (χ1v) is 9.32. The standard InChI is InChI=1S/C20H28FN3O2/c1-22(2)19(26)13-23-10-3-8-20(14-23)9-11-24(15-20)18(25)12-16-4-6-17(21)7-5-16/h4-7H,3,8-15H2,1-2H3/t20-/m0/s1. The minimum absolute atomic E-state index is 0.106. The Morgan fingerprint density at radius 3 is 2.54 bits per heavy atom. The summed E-state index contributed by atoms with van der Waals surface area (Å²) in [7, 11) is 3.57. The second kappa shape index (κ2) is 7.74. The highest BCUT2D eigenvalue weighted by molar-refractivity contribution is 5.79. The van der Waals surface area contributed by atoms with Gasteiger partial charge in [-0.15, -0.1) is 0 Å². The average Bonchev–Trinajstić information content (AvgIpc) is 3.00. The molecule has 0 saturated carbocycles. The fourth-order valence-electron chi connectivity index (χ4n) is 4.15. The normalized spacial score (nSPS) is 23.4. The van der Waals surface area contributed by atoms with Crippen molar-refractivity contribution in [1.82, 2.24) is 14.7 Å². The molecule has 2 aliphatic heterocycles. The number of halogens is 1. The van der Waals surface area contributed by atoms with Crippen LogP contribution in [0.4, 0.5) is 4.39 Å². The Bertz CT molecular complexity index is 662. The minimum atomic E-state index is -0.282. The van der Waals surface area contributed by atoms with Crippen molar-refractivity contribution in [1.29, 1.82) is 0 Å². The topological polar surface area (TPSA) is 43.9 Å². The van der Waals surface area contributed by atoms with Crippen LogP contribution in [-0.4, -0.2) is 73.3 Å². The zero-order chi connectivity index (χ0) is 18.7. The molecule has 142 valence electrons. The molecule has 2 saturated heterocycles. The van der Waals surface area contributed by atoms with E-state index in [0.29, 0.717) is 13.0 Å². The Morgan fingerprint density at radius 2 is 1.85 bits per heavy atom. The number of rotatable bonds is 4. The van der Waals surface area contributed by atoms with Crippen molar-refractivity contribution in [3.05, 3.63) is 35.6 Å². The molecule has 6 heteroatoms. The van der Waals surface area contributed by atoms with Crippen molar-refractivity contribution < 1.29 is 14.0 Å². The summed E-state index contributed by atoms with van der Waals surface area (Å²) in [6, 6.07) is 6.15. The maximum Gasteiger partial charge on any atom is 0.236 e. The maximum absolute atomic E-state index is 13.0. The number of amides is 2. The van der Waals surface area contributed by atoms with Gasteiger partial charge < -0.3 is 9.80 Å². The Kier molecular flexibility index (Phi) is 5.61. The molecular weight excluding hydrogens is 333 g/mol. The van der Waals surface area contributed by atoms with E-state index in [2.05, 4.69) is 4.90 Å². The molecule has 3 rings (SSSR count). The van der Waals surface area contributed by atoms with Gasteiger partial charge in [-0.05, 0) is 43.5 Å². The largest absolute Gasteiger partial charge is 0.348 e. The Balaban J connectivity index is 1.57. The summed E-state index contributed by atoms with van der Waals surface area (Å²) in [4.78, 5) is 30.5. The highest BCUT2D eigenvalue weighted by Gasteiger charge is 2.42. The smallest absolute Gasteiger partial charge is 0.236 e. The fraction of sp³-hybridized carbons (Fsp3) is 0.600. The number of hydrogen-bond acceptors (Lipinski definition) is 3. The summed E-state index contributed by atoms with van der Waals surface area (Å²) >= 11 is 0. The summed E-state index contributed by atoms with van der Waals surface area (Å²) < 4.78 is 13.0. The van der Waals surface area contributed by atoms with Crippen molar-refractivity contribution in [3.63, 3.8) is 0 Å². The van der Waals surface area contributed by atoms with Crippen molar-refractivity contribution in [2.75, 3.05) is 46.8 Å². The number of nitrogens with zero attached hydrogens (tertiary/aromatic N) is 3. The quantitative estimate of drug-likeness (QED) is 0.821. The number of piperidine rings is 1. The third-order valence-electron chi connectivity index (χ3n) is 5.66. The summed E-state index contributed by atoms with van der Waals surface area (Å²) in [5.41, 5.74) is 0.961. The van der Waals surface area contributed by atoms with Gasteiger partial charge >= 0.3 is 0 Å². The van der Waals surface area contributed by atoms with Crippen LogP contribution in [0.25, 0.3) is 0 Å². The molecule has 0 bridgehead atoms. The van der Waals surface area contributed by atoms with Crippen LogP contribution < -0.4 is 0 Å². The third-order valence-corrected chi connectivity index (χ3v) is 5.66. The SMILES string of the molecule is CN(C)C(=O)CN1CCC[C@]2(CCN(C(=O)Cc3ccc(F)cc3)C2)C1. The van der Waals surface area contributed by atoms with E-state index >= 15 is 0 Å². The Hall–Kier alpha value is -1.95. The Labute approximate surface area is 154 Å². The van der Waals surface area contributed by atoms with Gasteiger partial charge in [0, 0.05) is 39.1 Å². The van der Waals surface area contributed by atoms with E-state index < -0.39 is 0 Å². The monoisotopic (exact) mass is 361 g/mol. The predicted molar refractivity (Wildman–Crippen MR) is 98.1 cm³/mol. The van der Waals surface area contributed by atoms with E-state index in [1.807, 2.05) is 4.90 Å². The summed E-state index contributed by atoms with van der Waals surface area (Å²) in [6.45, 7) is 3.82. The van der Waals surface area contributed by atoms with E-state index in [1.165, 1.54) is 12.1 Å². The van der Waals surface area contributed by atoms with Crippen LogP contribution >= 0.6 is 0 Å². The molecule has 1 atom stereocenters. The van der Waals surface area contributed by atoms with E-state index in [1.54, 1.807) is 31.1 Å². The molecule has 26 heavy (non-hydrogen) atoms. The van der Waals surface area contributed by atoms with Crippen LogP contribution in [-0.2, 0) is 16.0 Å². The molecule has 0 radical (unpaired) electrons. The van der Waals surface area contributed by atoms with E-state index in [0.717, 1.165) is 51.0 Å². The highest BCUT2D eigenvalue weighted by atomic mass is 19.1. The number of carbonyl (C=O) groups is 2. The molecule has 1 aromatic rings. The van der Waals surface area contributed by atoms with Crippen LogP contribution in [0.15, 0.2) is 24.3 Å².